The number of aliphatic hydroxyl groups excluding tert-OH is 2. The number of amides is 1. The quantitative estimate of drug-likeness (QED) is 0.0320. The molecule has 0 bridgehead atoms. The van der Waals surface area contributed by atoms with Gasteiger partial charge in [-0.3, -0.25) is 9.59 Å². The maximum atomic E-state index is 12.4. The minimum atomic E-state index is -0.839. The zero-order chi connectivity index (χ0) is 57.8. The minimum absolute atomic E-state index is 0.0244. The fourth-order valence-electron chi connectivity index (χ4n) is 11.6. The Morgan fingerprint density at radius 1 is 0.338 bits per heavy atom. The Morgan fingerprint density at radius 3 is 0.887 bits per heavy atom. The van der Waals surface area contributed by atoms with Crippen molar-refractivity contribution in [2.45, 2.75) is 424 Å². The van der Waals surface area contributed by atoms with Gasteiger partial charge in [0.15, 0.2) is 0 Å². The number of ether oxygens (including phenoxy) is 1. The van der Waals surface area contributed by atoms with E-state index in [0.29, 0.717) is 19.4 Å². The van der Waals surface area contributed by atoms with E-state index in [4.69, 9.17) is 4.74 Å². The molecule has 0 aromatic carbocycles. The van der Waals surface area contributed by atoms with E-state index in [1.807, 2.05) is 6.08 Å². The zero-order valence-corrected chi connectivity index (χ0v) is 54.3. The molecule has 0 heterocycles. The SMILES string of the molecule is CCCCCCCCCCC/C=C/C(O)C(CO)NC(=O)CCCCCCCCCCCCCCCCCCC/C=C\CCCCCCCCCCCCCCCCCCCCOC(=O)CCCCCCCCCCCCCCC. The summed E-state index contributed by atoms with van der Waals surface area (Å²) in [5.41, 5.74) is 0. The van der Waals surface area contributed by atoms with Crippen molar-refractivity contribution in [3.05, 3.63) is 24.3 Å². The van der Waals surface area contributed by atoms with E-state index < -0.39 is 12.1 Å². The topological polar surface area (TPSA) is 95.9 Å². The van der Waals surface area contributed by atoms with E-state index in [9.17, 15) is 19.8 Å². The van der Waals surface area contributed by atoms with E-state index in [-0.39, 0.29) is 18.5 Å². The van der Waals surface area contributed by atoms with Gasteiger partial charge in [0.1, 0.15) is 0 Å². The third-order valence-corrected chi connectivity index (χ3v) is 17.2. The highest BCUT2D eigenvalue weighted by molar-refractivity contribution is 5.76. The first-order valence-electron chi connectivity index (χ1n) is 36.6. The first-order valence-corrected chi connectivity index (χ1v) is 36.6. The van der Waals surface area contributed by atoms with E-state index in [1.165, 1.54) is 347 Å². The summed E-state index contributed by atoms with van der Waals surface area (Å²) < 4.78 is 5.49. The molecule has 6 heteroatoms. The molecule has 6 nitrogen and oxygen atoms in total. The van der Waals surface area contributed by atoms with Crippen molar-refractivity contribution < 1.29 is 24.5 Å². The average molecular weight is 1130 g/mol. The lowest BCUT2D eigenvalue weighted by molar-refractivity contribution is -0.143. The molecule has 0 saturated heterocycles. The van der Waals surface area contributed by atoms with Gasteiger partial charge in [0.25, 0.3) is 0 Å². The monoisotopic (exact) mass is 1130 g/mol. The first kappa shape index (κ1) is 78.3. The second-order valence-electron chi connectivity index (χ2n) is 25.3. The van der Waals surface area contributed by atoms with Crippen molar-refractivity contribution in [3.8, 4) is 0 Å². The number of esters is 1. The van der Waals surface area contributed by atoms with Gasteiger partial charge in [-0.25, -0.2) is 0 Å². The molecule has 2 atom stereocenters. The Bertz CT molecular complexity index is 1250. The van der Waals surface area contributed by atoms with Crippen molar-refractivity contribution in [1.29, 1.82) is 0 Å². The molecule has 0 aromatic rings. The van der Waals surface area contributed by atoms with Crippen molar-refractivity contribution in [2.75, 3.05) is 13.2 Å². The summed E-state index contributed by atoms with van der Waals surface area (Å²) in [4.78, 5) is 24.5. The van der Waals surface area contributed by atoms with Crippen LogP contribution < -0.4 is 5.32 Å². The van der Waals surface area contributed by atoms with Crippen LogP contribution in [0.5, 0.6) is 0 Å². The molecular formula is C74H143NO5. The molecule has 474 valence electrons. The van der Waals surface area contributed by atoms with Gasteiger partial charge in [0.2, 0.25) is 5.91 Å². The molecule has 80 heavy (non-hydrogen) atoms. The maximum Gasteiger partial charge on any atom is 0.305 e. The molecule has 0 spiro atoms. The molecule has 0 saturated carbocycles. The second-order valence-corrected chi connectivity index (χ2v) is 25.3. The van der Waals surface area contributed by atoms with Crippen LogP contribution in [0.1, 0.15) is 412 Å². The van der Waals surface area contributed by atoms with E-state index in [1.54, 1.807) is 6.08 Å². The Morgan fingerprint density at radius 2 is 0.588 bits per heavy atom. The number of carbonyl (C=O) groups excluding carboxylic acids is 2. The molecule has 0 aliphatic rings. The molecule has 0 rings (SSSR count). The van der Waals surface area contributed by atoms with Gasteiger partial charge < -0.3 is 20.3 Å². The molecule has 0 fully saturated rings. The number of hydrogen-bond donors (Lipinski definition) is 3. The highest BCUT2D eigenvalue weighted by Gasteiger charge is 2.18. The van der Waals surface area contributed by atoms with Gasteiger partial charge in [-0.1, -0.05) is 366 Å². The number of hydrogen-bond acceptors (Lipinski definition) is 5. The van der Waals surface area contributed by atoms with Crippen molar-refractivity contribution in [1.82, 2.24) is 5.32 Å². The maximum absolute atomic E-state index is 12.4. The molecule has 0 aliphatic heterocycles. The third-order valence-electron chi connectivity index (χ3n) is 17.2. The number of rotatable bonds is 69. The summed E-state index contributed by atoms with van der Waals surface area (Å²) in [5.74, 6) is -0.0387. The highest BCUT2D eigenvalue weighted by Crippen LogP contribution is 2.19. The van der Waals surface area contributed by atoms with Crippen LogP contribution in [0.2, 0.25) is 0 Å². The molecule has 3 N–H and O–H groups in total. The molecule has 2 unspecified atom stereocenters. The van der Waals surface area contributed by atoms with Crippen molar-refractivity contribution in [2.24, 2.45) is 0 Å². The lowest BCUT2D eigenvalue weighted by Crippen LogP contribution is -2.45. The molecule has 0 aliphatic carbocycles. The lowest BCUT2D eigenvalue weighted by atomic mass is 10.0. The first-order chi connectivity index (χ1) is 39.5. The molecule has 0 radical (unpaired) electrons. The van der Waals surface area contributed by atoms with Gasteiger partial charge in [-0.15, -0.1) is 0 Å². The fraction of sp³-hybridized carbons (Fsp3) is 0.919. The predicted molar refractivity (Wildman–Crippen MR) is 352 cm³/mol. The summed E-state index contributed by atoms with van der Waals surface area (Å²) in [5, 5.41) is 23.1. The third kappa shape index (κ3) is 65.5. The smallest absolute Gasteiger partial charge is 0.305 e. The summed E-state index contributed by atoms with van der Waals surface area (Å²) in [6.45, 7) is 4.92. The number of carbonyl (C=O) groups is 2. The Labute approximate surface area is 501 Å². The minimum Gasteiger partial charge on any atom is -0.466 e. The zero-order valence-electron chi connectivity index (χ0n) is 54.3. The standard InChI is InChI=1S/C74H143NO5/c1-3-5-7-9-11-13-15-43-48-52-56-60-64-68-74(79)80-69-65-61-57-53-49-45-42-40-38-36-34-32-30-28-26-24-22-20-18-16-17-19-21-23-25-27-29-31-33-35-37-39-41-44-47-51-55-59-63-67-73(78)75-71(70-76)72(77)66-62-58-54-50-46-14-12-10-8-6-4-2/h16-17,62,66,71-72,76-77H,3-15,18-61,63-65,67-70H2,1-2H3,(H,75,78)/b17-16-,66-62+. The summed E-state index contributed by atoms with van der Waals surface area (Å²) in [7, 11) is 0. The number of allylic oxidation sites excluding steroid dienone is 3. The van der Waals surface area contributed by atoms with Crippen LogP contribution in [0.25, 0.3) is 0 Å². The number of nitrogens with one attached hydrogen (secondary N) is 1. The Balaban J connectivity index is 3.30. The fourth-order valence-corrected chi connectivity index (χ4v) is 11.6. The van der Waals surface area contributed by atoms with Gasteiger partial charge in [-0.2, -0.15) is 0 Å². The van der Waals surface area contributed by atoms with Crippen LogP contribution in [0.15, 0.2) is 24.3 Å². The predicted octanol–water partition coefficient (Wildman–Crippen LogP) is 23.7. The van der Waals surface area contributed by atoms with Gasteiger partial charge >= 0.3 is 5.97 Å². The van der Waals surface area contributed by atoms with Gasteiger partial charge in [0.05, 0.1) is 25.4 Å². The van der Waals surface area contributed by atoms with Crippen LogP contribution in [0, 0.1) is 0 Å². The molecular weight excluding hydrogens is 983 g/mol. The van der Waals surface area contributed by atoms with Crippen LogP contribution in [-0.2, 0) is 14.3 Å². The van der Waals surface area contributed by atoms with Crippen LogP contribution in [-0.4, -0.2) is 47.4 Å². The van der Waals surface area contributed by atoms with E-state index in [2.05, 4.69) is 31.3 Å². The Kier molecular flexibility index (Phi) is 68.4. The highest BCUT2D eigenvalue weighted by atomic mass is 16.5. The number of unbranched alkanes of at least 4 members (excludes halogenated alkanes) is 56. The van der Waals surface area contributed by atoms with Crippen LogP contribution in [0.3, 0.4) is 0 Å². The summed E-state index contributed by atoms with van der Waals surface area (Å²) in [6.07, 6.45) is 88.7. The Hall–Kier alpha value is -1.66. The van der Waals surface area contributed by atoms with E-state index in [0.717, 1.165) is 38.5 Å². The summed E-state index contributed by atoms with van der Waals surface area (Å²) in [6, 6.07) is -0.623. The second kappa shape index (κ2) is 69.8. The van der Waals surface area contributed by atoms with Crippen LogP contribution in [0.4, 0.5) is 0 Å². The molecule has 0 aromatic heterocycles. The van der Waals surface area contributed by atoms with Crippen molar-refractivity contribution >= 4 is 11.9 Å². The van der Waals surface area contributed by atoms with Crippen LogP contribution >= 0.6 is 0 Å². The van der Waals surface area contributed by atoms with Gasteiger partial charge in [0, 0.05) is 12.8 Å². The van der Waals surface area contributed by atoms with Crippen molar-refractivity contribution in [3.63, 3.8) is 0 Å². The van der Waals surface area contributed by atoms with Gasteiger partial charge in [-0.05, 0) is 57.8 Å². The molecule has 1 amide bonds. The largest absolute Gasteiger partial charge is 0.466 e. The van der Waals surface area contributed by atoms with E-state index >= 15 is 0 Å². The number of aliphatic hydroxyl groups is 2. The lowest BCUT2D eigenvalue weighted by Gasteiger charge is -2.20. The summed E-state index contributed by atoms with van der Waals surface area (Å²) >= 11 is 0. The normalized spacial score (nSPS) is 12.6. The average Bonchev–Trinajstić information content (AvgIpc) is 3.46.